The Hall–Kier alpha value is -4.05. The van der Waals surface area contributed by atoms with Crippen LogP contribution in [0.4, 0.5) is 5.69 Å². The molecule has 0 heterocycles. The Morgan fingerprint density at radius 1 is 0.900 bits per heavy atom. The fraction of sp³-hybridized carbons (Fsp3) is 0.333. The number of hydrogen-bond acceptors (Lipinski definition) is 6. The third kappa shape index (κ3) is 7.53. The standard InChI is InChI=1S/C30H37N3O6S/c1-22(29(35)31-30(2,3)4)32(20-23-13-12-14-24(19-23)38-5)28(34)21-33(26-17-10-11-18-27(26)39-6)40(36,37)25-15-8-7-9-16-25/h7-19,22H,20-21H2,1-6H3,(H,31,35)/t22-/m1/s1. The van der Waals surface area contributed by atoms with E-state index in [4.69, 9.17) is 9.47 Å². The first-order chi connectivity index (χ1) is 18.9. The van der Waals surface area contributed by atoms with Gasteiger partial charge < -0.3 is 19.7 Å². The molecule has 0 fully saturated rings. The number of nitrogens with one attached hydrogen (secondary N) is 1. The minimum absolute atomic E-state index is 0.0200. The predicted octanol–water partition coefficient (Wildman–Crippen LogP) is 4.23. The largest absolute Gasteiger partial charge is 0.497 e. The normalized spacial score (nSPS) is 12.2. The van der Waals surface area contributed by atoms with E-state index in [-0.39, 0.29) is 28.8 Å². The van der Waals surface area contributed by atoms with Crippen LogP contribution < -0.4 is 19.1 Å². The molecule has 3 rings (SSSR count). The van der Waals surface area contributed by atoms with Gasteiger partial charge in [-0.2, -0.15) is 0 Å². The van der Waals surface area contributed by atoms with Crippen molar-refractivity contribution in [3.8, 4) is 11.5 Å². The molecule has 3 aromatic carbocycles. The number of carbonyl (C=O) groups excluding carboxylic acids is 2. The smallest absolute Gasteiger partial charge is 0.264 e. The summed E-state index contributed by atoms with van der Waals surface area (Å²) in [5.41, 5.74) is 0.393. The zero-order valence-corrected chi connectivity index (χ0v) is 24.6. The van der Waals surface area contributed by atoms with Gasteiger partial charge in [0.05, 0.1) is 24.8 Å². The second-order valence-corrected chi connectivity index (χ2v) is 12.1. The van der Waals surface area contributed by atoms with Crippen molar-refractivity contribution in [2.75, 3.05) is 25.1 Å². The fourth-order valence-corrected chi connectivity index (χ4v) is 5.54. The molecule has 0 spiro atoms. The molecule has 0 unspecified atom stereocenters. The van der Waals surface area contributed by atoms with E-state index in [1.54, 1.807) is 74.7 Å². The summed E-state index contributed by atoms with van der Waals surface area (Å²) in [4.78, 5) is 28.6. The van der Waals surface area contributed by atoms with Gasteiger partial charge in [0.2, 0.25) is 11.8 Å². The minimum Gasteiger partial charge on any atom is -0.497 e. The molecule has 0 aromatic heterocycles. The molecule has 9 nitrogen and oxygen atoms in total. The van der Waals surface area contributed by atoms with Crippen LogP contribution in [0.3, 0.4) is 0 Å². The van der Waals surface area contributed by atoms with E-state index in [0.29, 0.717) is 5.75 Å². The second-order valence-electron chi connectivity index (χ2n) is 10.3. The van der Waals surface area contributed by atoms with Crippen molar-refractivity contribution in [2.45, 2.75) is 50.7 Å². The van der Waals surface area contributed by atoms with E-state index in [0.717, 1.165) is 9.87 Å². The molecule has 10 heteroatoms. The minimum atomic E-state index is -4.19. The molecule has 0 bridgehead atoms. The summed E-state index contributed by atoms with van der Waals surface area (Å²) in [5.74, 6) is -0.0463. The number of ether oxygens (including phenoxy) is 2. The van der Waals surface area contributed by atoms with Gasteiger partial charge in [-0.1, -0.05) is 42.5 Å². The van der Waals surface area contributed by atoms with Crippen LogP contribution in [0.15, 0.2) is 83.8 Å². The topological polar surface area (TPSA) is 105 Å². The quantitative estimate of drug-likeness (QED) is 0.372. The van der Waals surface area contributed by atoms with Crippen molar-refractivity contribution >= 4 is 27.5 Å². The number of benzene rings is 3. The maximum atomic E-state index is 14.0. The second kappa shape index (κ2) is 12.9. The highest BCUT2D eigenvalue weighted by atomic mass is 32.2. The fourth-order valence-electron chi connectivity index (χ4n) is 4.09. The van der Waals surface area contributed by atoms with Gasteiger partial charge in [-0.25, -0.2) is 8.42 Å². The van der Waals surface area contributed by atoms with E-state index < -0.39 is 34.1 Å². The Balaban J connectivity index is 2.07. The third-order valence-electron chi connectivity index (χ3n) is 6.12. The maximum Gasteiger partial charge on any atom is 0.264 e. The Kier molecular flexibility index (Phi) is 9.81. The number of methoxy groups -OCH3 is 2. The lowest BCUT2D eigenvalue weighted by Crippen LogP contribution is -2.54. The number of rotatable bonds is 11. The SMILES string of the molecule is COc1cccc(CN(C(=O)CN(c2ccccc2OC)S(=O)(=O)c2ccccc2)[C@H](C)C(=O)NC(C)(C)C)c1. The van der Waals surface area contributed by atoms with Gasteiger partial charge in [0, 0.05) is 12.1 Å². The Labute approximate surface area is 236 Å². The highest BCUT2D eigenvalue weighted by Crippen LogP contribution is 2.32. The van der Waals surface area contributed by atoms with Crippen LogP contribution in [0.5, 0.6) is 11.5 Å². The number of nitrogens with zero attached hydrogens (tertiary/aromatic N) is 2. The summed E-state index contributed by atoms with van der Waals surface area (Å²) < 4.78 is 39.6. The molecule has 0 aliphatic rings. The highest BCUT2D eigenvalue weighted by molar-refractivity contribution is 7.92. The monoisotopic (exact) mass is 567 g/mol. The molecule has 0 aliphatic carbocycles. The van der Waals surface area contributed by atoms with Gasteiger partial charge in [-0.3, -0.25) is 13.9 Å². The summed E-state index contributed by atoms with van der Waals surface area (Å²) in [7, 11) is -1.21. The van der Waals surface area contributed by atoms with E-state index in [2.05, 4.69) is 5.32 Å². The van der Waals surface area contributed by atoms with Crippen LogP contribution in [0.1, 0.15) is 33.3 Å². The molecular formula is C30H37N3O6S. The molecule has 3 aromatic rings. The maximum absolute atomic E-state index is 14.0. The molecule has 1 N–H and O–H groups in total. The van der Waals surface area contributed by atoms with Crippen LogP contribution >= 0.6 is 0 Å². The van der Waals surface area contributed by atoms with Gasteiger partial charge >= 0.3 is 0 Å². The first-order valence-electron chi connectivity index (χ1n) is 12.8. The zero-order valence-electron chi connectivity index (χ0n) is 23.7. The van der Waals surface area contributed by atoms with Crippen LogP contribution in [-0.4, -0.2) is 57.5 Å². The number of amides is 2. The summed E-state index contributed by atoms with van der Waals surface area (Å²) in [6.07, 6.45) is 0. The lowest BCUT2D eigenvalue weighted by Gasteiger charge is -2.33. The molecular weight excluding hydrogens is 530 g/mol. The molecule has 0 aliphatic heterocycles. The van der Waals surface area contributed by atoms with Crippen molar-refractivity contribution in [3.05, 3.63) is 84.4 Å². The van der Waals surface area contributed by atoms with Crippen molar-refractivity contribution in [2.24, 2.45) is 0 Å². The van der Waals surface area contributed by atoms with E-state index in [9.17, 15) is 18.0 Å². The Morgan fingerprint density at radius 3 is 2.17 bits per heavy atom. The highest BCUT2D eigenvalue weighted by Gasteiger charge is 2.34. The Bertz CT molecular complexity index is 1420. The molecule has 0 radical (unpaired) electrons. The average Bonchev–Trinajstić information content (AvgIpc) is 2.93. The van der Waals surface area contributed by atoms with Crippen LogP contribution in [0.25, 0.3) is 0 Å². The molecule has 40 heavy (non-hydrogen) atoms. The van der Waals surface area contributed by atoms with Crippen molar-refractivity contribution < 1.29 is 27.5 Å². The molecule has 1 atom stereocenters. The molecule has 214 valence electrons. The van der Waals surface area contributed by atoms with E-state index in [1.807, 2.05) is 26.8 Å². The van der Waals surface area contributed by atoms with Gasteiger partial charge in [0.1, 0.15) is 24.1 Å². The predicted molar refractivity (Wildman–Crippen MR) is 155 cm³/mol. The van der Waals surface area contributed by atoms with Crippen LogP contribution in [-0.2, 0) is 26.2 Å². The van der Waals surface area contributed by atoms with Crippen molar-refractivity contribution in [1.29, 1.82) is 0 Å². The summed E-state index contributed by atoms with van der Waals surface area (Å²) in [6.45, 7) is 6.66. The summed E-state index contributed by atoms with van der Waals surface area (Å²) in [5, 5.41) is 2.91. The summed E-state index contributed by atoms with van der Waals surface area (Å²) >= 11 is 0. The lowest BCUT2D eigenvalue weighted by atomic mass is 10.1. The van der Waals surface area contributed by atoms with Gasteiger partial charge in [0.25, 0.3) is 10.0 Å². The number of hydrogen-bond donors (Lipinski definition) is 1. The van der Waals surface area contributed by atoms with Crippen molar-refractivity contribution in [1.82, 2.24) is 10.2 Å². The van der Waals surface area contributed by atoms with E-state index in [1.165, 1.54) is 24.1 Å². The molecule has 2 amide bonds. The molecule has 0 saturated heterocycles. The van der Waals surface area contributed by atoms with Gasteiger partial charge in [0.15, 0.2) is 0 Å². The molecule has 0 saturated carbocycles. The first kappa shape index (κ1) is 30.5. The summed E-state index contributed by atoms with van der Waals surface area (Å²) in [6, 6.07) is 20.7. The first-order valence-corrected chi connectivity index (χ1v) is 14.3. The van der Waals surface area contributed by atoms with E-state index >= 15 is 0 Å². The lowest BCUT2D eigenvalue weighted by molar-refractivity contribution is -0.140. The number of para-hydroxylation sites is 2. The Morgan fingerprint density at radius 2 is 1.55 bits per heavy atom. The number of sulfonamides is 1. The zero-order chi connectivity index (χ0) is 29.5. The average molecular weight is 568 g/mol. The van der Waals surface area contributed by atoms with Crippen molar-refractivity contribution in [3.63, 3.8) is 0 Å². The van der Waals surface area contributed by atoms with Gasteiger partial charge in [-0.15, -0.1) is 0 Å². The third-order valence-corrected chi connectivity index (χ3v) is 7.89. The van der Waals surface area contributed by atoms with Gasteiger partial charge in [-0.05, 0) is 69.7 Å². The van der Waals surface area contributed by atoms with Crippen LogP contribution in [0, 0.1) is 0 Å². The van der Waals surface area contributed by atoms with Crippen LogP contribution in [0.2, 0.25) is 0 Å². The number of carbonyl (C=O) groups is 2. The number of anilines is 1.